The summed E-state index contributed by atoms with van der Waals surface area (Å²) in [5.74, 6) is 5.68. The van der Waals surface area contributed by atoms with E-state index in [1.54, 1.807) is 12.1 Å². The van der Waals surface area contributed by atoms with Gasteiger partial charge in [0.2, 0.25) is 0 Å². The van der Waals surface area contributed by atoms with E-state index in [-0.39, 0.29) is 5.82 Å². The second-order valence-corrected chi connectivity index (χ2v) is 5.46. The summed E-state index contributed by atoms with van der Waals surface area (Å²) < 4.78 is 14.0. The van der Waals surface area contributed by atoms with Gasteiger partial charge in [-0.3, -0.25) is 5.84 Å². The summed E-state index contributed by atoms with van der Waals surface area (Å²) in [6, 6.07) is 12.1. The molecule has 0 saturated carbocycles. The van der Waals surface area contributed by atoms with Gasteiger partial charge in [-0.1, -0.05) is 55.8 Å². The summed E-state index contributed by atoms with van der Waals surface area (Å²) in [7, 11) is 0. The lowest BCUT2D eigenvalue weighted by molar-refractivity contribution is 0.560. The first-order valence-corrected chi connectivity index (χ1v) is 6.92. The summed E-state index contributed by atoms with van der Waals surface area (Å²) in [6.45, 7) is 4.25. The Morgan fingerprint density at radius 1 is 1.05 bits per heavy atom. The molecule has 0 fully saturated rings. The van der Waals surface area contributed by atoms with E-state index in [0.717, 1.165) is 5.56 Å². The third kappa shape index (κ3) is 3.01. The monoisotopic (exact) mass is 292 g/mol. The number of hydrogen-bond donors (Lipinski definition) is 2. The molecule has 106 valence electrons. The van der Waals surface area contributed by atoms with Crippen molar-refractivity contribution < 1.29 is 4.39 Å². The van der Waals surface area contributed by atoms with E-state index in [1.807, 2.05) is 24.3 Å². The molecule has 1 atom stereocenters. The highest BCUT2D eigenvalue weighted by molar-refractivity contribution is 6.31. The van der Waals surface area contributed by atoms with E-state index in [4.69, 9.17) is 17.4 Å². The second kappa shape index (κ2) is 6.35. The van der Waals surface area contributed by atoms with Gasteiger partial charge in [-0.2, -0.15) is 0 Å². The molecular weight excluding hydrogens is 275 g/mol. The van der Waals surface area contributed by atoms with Crippen LogP contribution in [-0.2, 0) is 0 Å². The largest absolute Gasteiger partial charge is 0.271 e. The molecule has 20 heavy (non-hydrogen) atoms. The van der Waals surface area contributed by atoms with Crippen LogP contribution < -0.4 is 11.3 Å². The van der Waals surface area contributed by atoms with Crippen molar-refractivity contribution in [1.29, 1.82) is 0 Å². The van der Waals surface area contributed by atoms with Crippen LogP contribution in [0.25, 0.3) is 0 Å². The number of hydrogen-bond acceptors (Lipinski definition) is 2. The Balaban J connectivity index is 2.42. The van der Waals surface area contributed by atoms with Crippen molar-refractivity contribution in [3.8, 4) is 0 Å². The first kappa shape index (κ1) is 15.0. The Morgan fingerprint density at radius 2 is 1.65 bits per heavy atom. The maximum Gasteiger partial charge on any atom is 0.129 e. The molecule has 2 rings (SSSR count). The molecule has 0 heterocycles. The summed E-state index contributed by atoms with van der Waals surface area (Å²) in [5, 5.41) is 0.362. The Kier molecular flexibility index (Phi) is 4.76. The van der Waals surface area contributed by atoms with E-state index >= 15 is 0 Å². The van der Waals surface area contributed by atoms with Gasteiger partial charge in [0.1, 0.15) is 5.82 Å². The van der Waals surface area contributed by atoms with E-state index in [1.165, 1.54) is 11.6 Å². The SMILES string of the molecule is CC(C)c1ccc(C(NN)c2c(F)cccc2Cl)cc1. The first-order valence-electron chi connectivity index (χ1n) is 6.54. The van der Waals surface area contributed by atoms with Gasteiger partial charge in [-0.15, -0.1) is 0 Å². The molecule has 0 bridgehead atoms. The van der Waals surface area contributed by atoms with Gasteiger partial charge < -0.3 is 0 Å². The summed E-state index contributed by atoms with van der Waals surface area (Å²) in [5.41, 5.74) is 5.11. The lowest BCUT2D eigenvalue weighted by atomic mass is 9.95. The van der Waals surface area contributed by atoms with Gasteiger partial charge in [-0.05, 0) is 29.2 Å². The number of hydrazine groups is 1. The Morgan fingerprint density at radius 3 is 2.15 bits per heavy atom. The average Bonchev–Trinajstić information content (AvgIpc) is 2.43. The number of halogens is 2. The van der Waals surface area contributed by atoms with Gasteiger partial charge >= 0.3 is 0 Å². The van der Waals surface area contributed by atoms with Crippen LogP contribution in [0, 0.1) is 5.82 Å². The van der Waals surface area contributed by atoms with Crippen LogP contribution in [0.5, 0.6) is 0 Å². The molecular formula is C16H18ClFN2. The fraction of sp³-hybridized carbons (Fsp3) is 0.250. The first-order chi connectivity index (χ1) is 9.54. The number of nitrogens with one attached hydrogen (secondary N) is 1. The normalized spacial score (nSPS) is 12.7. The van der Waals surface area contributed by atoms with Gasteiger partial charge in [0.15, 0.2) is 0 Å². The maximum absolute atomic E-state index is 14.0. The van der Waals surface area contributed by atoms with Crippen molar-refractivity contribution in [1.82, 2.24) is 5.43 Å². The van der Waals surface area contributed by atoms with Crippen molar-refractivity contribution in [2.24, 2.45) is 5.84 Å². The number of rotatable bonds is 4. The molecule has 0 aliphatic carbocycles. The number of benzene rings is 2. The second-order valence-electron chi connectivity index (χ2n) is 5.06. The standard InChI is InChI=1S/C16H18ClFN2/c1-10(2)11-6-8-12(9-7-11)16(20-19)15-13(17)4-3-5-14(15)18/h3-10,16,20H,19H2,1-2H3. The summed E-state index contributed by atoms with van der Waals surface area (Å²) in [6.07, 6.45) is 0. The van der Waals surface area contributed by atoms with Crippen LogP contribution in [0.15, 0.2) is 42.5 Å². The van der Waals surface area contributed by atoms with Gasteiger partial charge in [-0.25, -0.2) is 9.82 Å². The zero-order valence-corrected chi connectivity index (χ0v) is 12.3. The zero-order chi connectivity index (χ0) is 14.7. The lowest BCUT2D eigenvalue weighted by Crippen LogP contribution is -2.29. The molecule has 2 nitrogen and oxygen atoms in total. The average molecular weight is 293 g/mol. The Labute approximate surface area is 123 Å². The van der Waals surface area contributed by atoms with Crippen molar-refractivity contribution >= 4 is 11.6 Å². The smallest absolute Gasteiger partial charge is 0.129 e. The van der Waals surface area contributed by atoms with Gasteiger partial charge in [0, 0.05) is 10.6 Å². The van der Waals surface area contributed by atoms with Crippen molar-refractivity contribution in [3.63, 3.8) is 0 Å². The third-order valence-corrected chi connectivity index (χ3v) is 3.72. The molecule has 2 aromatic carbocycles. The van der Waals surface area contributed by atoms with Gasteiger partial charge in [0.25, 0.3) is 0 Å². The quantitative estimate of drug-likeness (QED) is 0.656. The van der Waals surface area contributed by atoms with E-state index in [9.17, 15) is 4.39 Å². The molecule has 3 N–H and O–H groups in total. The fourth-order valence-corrected chi connectivity index (χ4v) is 2.48. The van der Waals surface area contributed by atoms with Crippen molar-refractivity contribution in [3.05, 3.63) is 70.0 Å². The summed E-state index contributed by atoms with van der Waals surface area (Å²) >= 11 is 6.10. The maximum atomic E-state index is 14.0. The molecule has 0 spiro atoms. The molecule has 4 heteroatoms. The molecule has 0 amide bonds. The van der Waals surface area contributed by atoms with Crippen LogP contribution in [0.2, 0.25) is 5.02 Å². The Bertz CT molecular complexity index is 561. The molecule has 0 radical (unpaired) electrons. The molecule has 0 aliphatic heterocycles. The fourth-order valence-electron chi connectivity index (χ4n) is 2.21. The minimum absolute atomic E-state index is 0.362. The molecule has 0 aromatic heterocycles. The van der Waals surface area contributed by atoms with E-state index in [0.29, 0.717) is 16.5 Å². The third-order valence-electron chi connectivity index (χ3n) is 3.39. The predicted octanol–water partition coefficient (Wildman–Crippen LogP) is 4.16. The van der Waals surface area contributed by atoms with Gasteiger partial charge in [0.05, 0.1) is 6.04 Å². The van der Waals surface area contributed by atoms with Crippen molar-refractivity contribution in [2.45, 2.75) is 25.8 Å². The molecule has 0 saturated heterocycles. The highest BCUT2D eigenvalue weighted by Crippen LogP contribution is 2.30. The minimum Gasteiger partial charge on any atom is -0.271 e. The highest BCUT2D eigenvalue weighted by Gasteiger charge is 2.19. The zero-order valence-electron chi connectivity index (χ0n) is 11.5. The Hall–Kier alpha value is -1.42. The minimum atomic E-state index is -0.468. The van der Waals surface area contributed by atoms with Crippen LogP contribution in [0.3, 0.4) is 0 Å². The molecule has 0 aliphatic rings. The van der Waals surface area contributed by atoms with Crippen LogP contribution in [0.1, 0.15) is 42.5 Å². The van der Waals surface area contributed by atoms with Crippen LogP contribution >= 0.6 is 11.6 Å². The lowest BCUT2D eigenvalue weighted by Gasteiger charge is -2.19. The van der Waals surface area contributed by atoms with Crippen molar-refractivity contribution in [2.75, 3.05) is 0 Å². The van der Waals surface area contributed by atoms with Crippen LogP contribution in [0.4, 0.5) is 4.39 Å². The highest BCUT2D eigenvalue weighted by atomic mass is 35.5. The predicted molar refractivity (Wildman–Crippen MR) is 81.1 cm³/mol. The summed E-state index contributed by atoms with van der Waals surface area (Å²) in [4.78, 5) is 0. The number of nitrogens with two attached hydrogens (primary N) is 1. The van der Waals surface area contributed by atoms with Crippen LogP contribution in [-0.4, -0.2) is 0 Å². The van der Waals surface area contributed by atoms with E-state index in [2.05, 4.69) is 19.3 Å². The molecule has 1 unspecified atom stereocenters. The topological polar surface area (TPSA) is 38.0 Å². The van der Waals surface area contributed by atoms with E-state index < -0.39 is 6.04 Å². The molecule has 2 aromatic rings.